The molecule has 0 fully saturated rings. The van der Waals surface area contributed by atoms with E-state index < -0.39 is 5.91 Å². The van der Waals surface area contributed by atoms with Crippen LogP contribution in [-0.4, -0.2) is 50.7 Å². The molecule has 2 aliphatic rings. The van der Waals surface area contributed by atoms with Crippen LogP contribution in [0.25, 0.3) is 11.8 Å². The number of aromatic nitrogens is 2. The summed E-state index contributed by atoms with van der Waals surface area (Å²) in [5.41, 5.74) is 4.40. The number of fused-ring (bicyclic) bond motifs is 1. The molecule has 1 aromatic carbocycles. The molecule has 5 rings (SSSR count). The summed E-state index contributed by atoms with van der Waals surface area (Å²) in [7, 11) is 3.24. The van der Waals surface area contributed by atoms with Crippen LogP contribution in [0.4, 0.5) is 0 Å². The maximum absolute atomic E-state index is 12.9. The molecule has 0 unspecified atom stereocenters. The summed E-state index contributed by atoms with van der Waals surface area (Å²) in [6, 6.07) is 11.2. The second-order valence-electron chi connectivity index (χ2n) is 7.87. The highest BCUT2D eigenvalue weighted by molar-refractivity contribution is 8.27. The Morgan fingerprint density at radius 3 is 2.66 bits per heavy atom. The van der Waals surface area contributed by atoms with Crippen LogP contribution in [-0.2, 0) is 4.79 Å². The molecule has 176 valence electrons. The van der Waals surface area contributed by atoms with Crippen molar-refractivity contribution in [2.24, 2.45) is 10.1 Å². The summed E-state index contributed by atoms with van der Waals surface area (Å²) in [5, 5.41) is 15.6. The van der Waals surface area contributed by atoms with Crippen molar-refractivity contribution in [3.8, 4) is 17.2 Å². The first-order valence-electron chi connectivity index (χ1n) is 10.7. The van der Waals surface area contributed by atoms with Crippen molar-refractivity contribution in [1.82, 2.24) is 14.6 Å². The molecule has 1 N–H and O–H groups in total. The molecule has 2 aliphatic heterocycles. The van der Waals surface area contributed by atoms with Gasteiger partial charge in [0, 0.05) is 35.4 Å². The molecular weight excluding hydrogens is 464 g/mol. The number of nitrogens with one attached hydrogen (secondary N) is 1. The Hall–Kier alpha value is -4.18. The van der Waals surface area contributed by atoms with Gasteiger partial charge >= 0.3 is 0 Å². The lowest BCUT2D eigenvalue weighted by molar-refractivity contribution is -0.114. The van der Waals surface area contributed by atoms with Gasteiger partial charge in [0.25, 0.3) is 5.91 Å². The Bertz CT molecular complexity index is 1460. The number of ether oxygens (including phenoxy) is 2. The lowest BCUT2D eigenvalue weighted by Crippen LogP contribution is -2.35. The largest absolute Gasteiger partial charge is 0.497 e. The van der Waals surface area contributed by atoms with Crippen molar-refractivity contribution < 1.29 is 14.3 Å². The number of hydrazone groups is 1. The van der Waals surface area contributed by atoms with Crippen molar-refractivity contribution in [2.75, 3.05) is 14.2 Å². The number of rotatable bonds is 5. The zero-order chi connectivity index (χ0) is 24.7. The second-order valence-corrected chi connectivity index (χ2v) is 8.82. The average Bonchev–Trinajstić information content (AvgIpc) is 3.42. The van der Waals surface area contributed by atoms with Gasteiger partial charge in [0.15, 0.2) is 5.84 Å². The van der Waals surface area contributed by atoms with E-state index in [0.29, 0.717) is 21.7 Å². The first-order chi connectivity index (χ1) is 16.9. The van der Waals surface area contributed by atoms with E-state index in [4.69, 9.17) is 14.9 Å². The topological polar surface area (TPSA) is 105 Å². The summed E-state index contributed by atoms with van der Waals surface area (Å²) in [5.74, 6) is 0.900. The third-order valence-electron chi connectivity index (χ3n) is 5.76. The number of amidine groups is 2. The monoisotopic (exact) mass is 486 g/mol. The van der Waals surface area contributed by atoms with Crippen LogP contribution in [0.15, 0.2) is 64.5 Å². The summed E-state index contributed by atoms with van der Waals surface area (Å²) in [4.78, 5) is 21.2. The van der Waals surface area contributed by atoms with Gasteiger partial charge in [-0.1, -0.05) is 0 Å². The maximum Gasteiger partial charge on any atom is 0.283 e. The molecule has 0 spiro atoms. The van der Waals surface area contributed by atoms with Gasteiger partial charge in [0.1, 0.15) is 16.5 Å². The maximum atomic E-state index is 12.9. The minimum absolute atomic E-state index is 0.0184. The number of thioether (sulfide) groups is 1. The van der Waals surface area contributed by atoms with Crippen LogP contribution in [0.3, 0.4) is 0 Å². The molecule has 10 heteroatoms. The predicted molar refractivity (Wildman–Crippen MR) is 137 cm³/mol. The van der Waals surface area contributed by atoms with Gasteiger partial charge in [-0.25, -0.2) is 0 Å². The molecule has 0 saturated carbocycles. The molecule has 0 radical (unpaired) electrons. The number of carbonyl (C=O) groups excluding carboxylic acids is 1. The van der Waals surface area contributed by atoms with Crippen LogP contribution in [0.1, 0.15) is 22.5 Å². The Balaban J connectivity index is 1.54. The van der Waals surface area contributed by atoms with Gasteiger partial charge in [-0.2, -0.15) is 15.1 Å². The number of carbonyl (C=O) groups is 1. The Morgan fingerprint density at radius 1 is 1.11 bits per heavy atom. The number of amides is 1. The van der Waals surface area contributed by atoms with Gasteiger partial charge in [0.2, 0.25) is 5.17 Å². The lowest BCUT2D eigenvalue weighted by Gasteiger charge is -2.20. The molecule has 2 aromatic heterocycles. The van der Waals surface area contributed by atoms with Crippen molar-refractivity contribution in [3.05, 3.63) is 76.9 Å². The third kappa shape index (κ3) is 3.91. The summed E-state index contributed by atoms with van der Waals surface area (Å²) in [6.45, 7) is 3.92. The number of hydrogen-bond acceptors (Lipinski definition) is 7. The van der Waals surface area contributed by atoms with Crippen molar-refractivity contribution in [1.29, 1.82) is 5.41 Å². The fourth-order valence-corrected chi connectivity index (χ4v) is 4.91. The smallest absolute Gasteiger partial charge is 0.283 e. The van der Waals surface area contributed by atoms with Crippen LogP contribution in [0.5, 0.6) is 11.5 Å². The van der Waals surface area contributed by atoms with Gasteiger partial charge in [-0.05, 0) is 67.6 Å². The van der Waals surface area contributed by atoms with E-state index in [1.54, 1.807) is 32.7 Å². The molecule has 3 aromatic rings. The van der Waals surface area contributed by atoms with E-state index in [0.717, 1.165) is 28.2 Å². The van der Waals surface area contributed by atoms with Crippen molar-refractivity contribution in [3.63, 3.8) is 0 Å². The van der Waals surface area contributed by atoms with E-state index in [1.807, 2.05) is 54.8 Å². The van der Waals surface area contributed by atoms with Gasteiger partial charge in [-0.3, -0.25) is 15.2 Å². The summed E-state index contributed by atoms with van der Waals surface area (Å²) >= 11 is 1.25. The number of pyridine rings is 1. The normalized spacial score (nSPS) is 16.3. The van der Waals surface area contributed by atoms with E-state index in [1.165, 1.54) is 16.8 Å². The highest BCUT2D eigenvalue weighted by Crippen LogP contribution is 2.34. The number of aliphatic imine (C=N–C) groups is 1. The van der Waals surface area contributed by atoms with Crippen LogP contribution in [0.2, 0.25) is 0 Å². The van der Waals surface area contributed by atoms with Crippen molar-refractivity contribution >= 4 is 39.8 Å². The number of nitrogens with zero attached hydrogens (tertiary/aromatic N) is 5. The fourth-order valence-electron chi connectivity index (χ4n) is 4.03. The van der Waals surface area contributed by atoms with E-state index >= 15 is 0 Å². The van der Waals surface area contributed by atoms with E-state index in [2.05, 4.69) is 15.1 Å². The SMILES string of the molecule is COc1ccc(OC)c(-n2c(C)cc(C=C3C(=N)N4N=C(c5cccnc5)SC4=NC3=O)c2C)c1. The first kappa shape index (κ1) is 22.6. The Labute approximate surface area is 206 Å². The minimum atomic E-state index is -0.472. The zero-order valence-corrected chi connectivity index (χ0v) is 20.4. The first-order valence-corrected chi connectivity index (χ1v) is 11.5. The van der Waals surface area contributed by atoms with Gasteiger partial charge in [0.05, 0.1) is 25.5 Å². The van der Waals surface area contributed by atoms with E-state index in [-0.39, 0.29) is 11.4 Å². The highest BCUT2D eigenvalue weighted by Gasteiger charge is 2.36. The predicted octanol–water partition coefficient (Wildman–Crippen LogP) is 4.17. The van der Waals surface area contributed by atoms with Crippen LogP contribution >= 0.6 is 11.8 Å². The molecule has 4 heterocycles. The summed E-state index contributed by atoms with van der Waals surface area (Å²) < 4.78 is 13.0. The molecular formula is C25H22N6O3S. The third-order valence-corrected chi connectivity index (χ3v) is 6.72. The fraction of sp³-hybridized carbons (Fsp3) is 0.160. The van der Waals surface area contributed by atoms with Crippen LogP contribution < -0.4 is 9.47 Å². The lowest BCUT2D eigenvalue weighted by atomic mass is 10.1. The van der Waals surface area contributed by atoms with E-state index in [9.17, 15) is 4.79 Å². The molecule has 0 bridgehead atoms. The van der Waals surface area contributed by atoms with Crippen LogP contribution in [0, 0.1) is 19.3 Å². The number of aryl methyl sites for hydroxylation is 1. The molecule has 35 heavy (non-hydrogen) atoms. The number of methoxy groups -OCH3 is 2. The molecule has 0 atom stereocenters. The Morgan fingerprint density at radius 2 is 1.94 bits per heavy atom. The standard InChI is InChI=1S/C25H22N6O3S/c1-14-10-17(15(2)30(14)20-12-18(33-3)7-8-21(20)34-4)11-19-22(26)31-25(28-23(19)32)35-24(29-31)16-6-5-9-27-13-16/h5-13,26H,1-4H3. The molecule has 9 nitrogen and oxygen atoms in total. The van der Waals surface area contributed by atoms with Gasteiger partial charge in [-0.15, -0.1) is 0 Å². The number of benzene rings is 1. The summed E-state index contributed by atoms with van der Waals surface area (Å²) in [6.07, 6.45) is 5.06. The molecule has 0 aliphatic carbocycles. The minimum Gasteiger partial charge on any atom is -0.497 e. The quantitative estimate of drug-likeness (QED) is 0.543. The highest BCUT2D eigenvalue weighted by atomic mass is 32.2. The molecule has 0 saturated heterocycles. The number of hydrogen-bond donors (Lipinski definition) is 1. The van der Waals surface area contributed by atoms with Gasteiger partial charge < -0.3 is 14.0 Å². The zero-order valence-electron chi connectivity index (χ0n) is 19.6. The second kappa shape index (κ2) is 8.88. The Kier molecular flexibility index (Phi) is 5.73. The average molecular weight is 487 g/mol. The molecule has 1 amide bonds. The van der Waals surface area contributed by atoms with Crippen molar-refractivity contribution in [2.45, 2.75) is 13.8 Å².